The van der Waals surface area contributed by atoms with Crippen molar-refractivity contribution >= 4 is 34.0 Å². The molecule has 0 N–H and O–H groups in total. The SMILES string of the molecule is CCOC(=O)C(=O)c1cc(C=O)n(-c2ccc(Br)cc2)c1. The molecule has 0 saturated carbocycles. The van der Waals surface area contributed by atoms with Crippen molar-refractivity contribution < 1.29 is 19.1 Å². The fourth-order valence-electron chi connectivity index (χ4n) is 1.83. The normalized spacial score (nSPS) is 10.2. The first-order valence-electron chi connectivity index (χ1n) is 6.21. The highest BCUT2D eigenvalue weighted by molar-refractivity contribution is 9.10. The lowest BCUT2D eigenvalue weighted by Gasteiger charge is -2.04. The van der Waals surface area contributed by atoms with Crippen molar-refractivity contribution in [1.82, 2.24) is 4.57 Å². The first-order valence-corrected chi connectivity index (χ1v) is 7.01. The standard InChI is InChI=1S/C15H12BrNO4/c1-2-21-15(20)14(19)10-7-13(9-18)17(8-10)12-5-3-11(16)4-6-12/h3-9H,2H2,1H3. The van der Waals surface area contributed by atoms with E-state index in [1.165, 1.54) is 12.3 Å². The Morgan fingerprint density at radius 3 is 2.52 bits per heavy atom. The molecule has 0 bridgehead atoms. The van der Waals surface area contributed by atoms with Crippen molar-refractivity contribution in [2.24, 2.45) is 0 Å². The maximum absolute atomic E-state index is 11.9. The van der Waals surface area contributed by atoms with E-state index >= 15 is 0 Å². The number of carbonyl (C=O) groups is 3. The highest BCUT2D eigenvalue weighted by Gasteiger charge is 2.20. The summed E-state index contributed by atoms with van der Waals surface area (Å²) in [5.74, 6) is -1.70. The second-order valence-electron chi connectivity index (χ2n) is 4.17. The minimum atomic E-state index is -0.928. The molecular weight excluding hydrogens is 338 g/mol. The third-order valence-electron chi connectivity index (χ3n) is 2.80. The smallest absolute Gasteiger partial charge is 0.379 e. The lowest BCUT2D eigenvalue weighted by molar-refractivity contribution is -0.137. The molecule has 0 saturated heterocycles. The minimum absolute atomic E-state index is 0.124. The molecule has 0 fully saturated rings. The quantitative estimate of drug-likeness (QED) is 0.360. The lowest BCUT2D eigenvalue weighted by atomic mass is 10.2. The van der Waals surface area contributed by atoms with Gasteiger partial charge in [0.05, 0.1) is 12.3 Å². The molecule has 2 aromatic rings. The molecule has 0 radical (unpaired) electrons. The van der Waals surface area contributed by atoms with Gasteiger partial charge in [-0.25, -0.2) is 4.79 Å². The summed E-state index contributed by atoms with van der Waals surface area (Å²) in [6.07, 6.45) is 2.08. The summed E-state index contributed by atoms with van der Waals surface area (Å²) in [6, 6.07) is 8.58. The molecule has 0 aliphatic carbocycles. The Balaban J connectivity index is 2.40. The van der Waals surface area contributed by atoms with E-state index in [1.54, 1.807) is 23.6 Å². The number of hydrogen-bond acceptors (Lipinski definition) is 4. The van der Waals surface area contributed by atoms with Gasteiger partial charge in [0, 0.05) is 21.9 Å². The molecule has 5 nitrogen and oxygen atoms in total. The summed E-state index contributed by atoms with van der Waals surface area (Å²) in [5, 5.41) is 0. The van der Waals surface area contributed by atoms with Gasteiger partial charge in [-0.3, -0.25) is 9.59 Å². The number of halogens is 1. The van der Waals surface area contributed by atoms with E-state index in [0.717, 1.165) is 4.47 Å². The average Bonchev–Trinajstić information content (AvgIpc) is 2.91. The zero-order chi connectivity index (χ0) is 15.4. The van der Waals surface area contributed by atoms with Crippen LogP contribution in [0.1, 0.15) is 27.8 Å². The van der Waals surface area contributed by atoms with Crippen LogP contribution in [0.15, 0.2) is 41.0 Å². The lowest BCUT2D eigenvalue weighted by Crippen LogP contribution is -2.16. The summed E-state index contributed by atoms with van der Waals surface area (Å²) in [5.41, 5.74) is 1.12. The van der Waals surface area contributed by atoms with Crippen LogP contribution >= 0.6 is 15.9 Å². The number of hydrogen-bond donors (Lipinski definition) is 0. The molecule has 0 spiro atoms. The largest absolute Gasteiger partial charge is 0.460 e. The first-order chi connectivity index (χ1) is 10.1. The number of Topliss-reactive ketones (excluding diaryl/α,β-unsaturated/α-hetero) is 1. The van der Waals surface area contributed by atoms with E-state index < -0.39 is 11.8 Å². The molecular formula is C15H12BrNO4. The summed E-state index contributed by atoms with van der Waals surface area (Å²) in [7, 11) is 0. The van der Waals surface area contributed by atoms with Crippen LogP contribution in [0.2, 0.25) is 0 Å². The molecule has 0 atom stereocenters. The number of benzene rings is 1. The van der Waals surface area contributed by atoms with Crippen molar-refractivity contribution in [2.45, 2.75) is 6.92 Å². The van der Waals surface area contributed by atoms with Gasteiger partial charge in [-0.1, -0.05) is 15.9 Å². The Morgan fingerprint density at radius 1 is 1.29 bits per heavy atom. The van der Waals surface area contributed by atoms with Crippen molar-refractivity contribution in [3.63, 3.8) is 0 Å². The van der Waals surface area contributed by atoms with E-state index in [4.69, 9.17) is 0 Å². The predicted octanol–water partition coefficient (Wildman–Crippen LogP) is 2.80. The van der Waals surface area contributed by atoms with Gasteiger partial charge >= 0.3 is 5.97 Å². The predicted molar refractivity (Wildman–Crippen MR) is 79.8 cm³/mol. The van der Waals surface area contributed by atoms with E-state index in [2.05, 4.69) is 20.7 Å². The van der Waals surface area contributed by atoms with Crippen molar-refractivity contribution in [1.29, 1.82) is 0 Å². The van der Waals surface area contributed by atoms with Gasteiger partial charge in [0.25, 0.3) is 5.78 Å². The fourth-order valence-corrected chi connectivity index (χ4v) is 2.10. The first kappa shape index (κ1) is 15.2. The number of ether oxygens (including phenoxy) is 1. The second kappa shape index (κ2) is 6.49. The number of aromatic nitrogens is 1. The third kappa shape index (κ3) is 3.28. The van der Waals surface area contributed by atoms with Gasteiger partial charge in [-0.15, -0.1) is 0 Å². The molecule has 0 amide bonds. The van der Waals surface area contributed by atoms with Crippen molar-refractivity contribution in [3.8, 4) is 5.69 Å². The van der Waals surface area contributed by atoms with Gasteiger partial charge in [0.1, 0.15) is 0 Å². The third-order valence-corrected chi connectivity index (χ3v) is 3.33. The summed E-state index contributed by atoms with van der Waals surface area (Å²) >= 11 is 3.32. The van der Waals surface area contributed by atoms with Crippen LogP contribution in [0.4, 0.5) is 0 Å². The zero-order valence-corrected chi connectivity index (χ0v) is 12.8. The topological polar surface area (TPSA) is 65.4 Å². The van der Waals surface area contributed by atoms with Crippen LogP contribution in [-0.4, -0.2) is 29.2 Å². The summed E-state index contributed by atoms with van der Waals surface area (Å²) in [4.78, 5) is 34.5. The van der Waals surface area contributed by atoms with Crippen LogP contribution in [0.25, 0.3) is 5.69 Å². The Morgan fingerprint density at radius 2 is 1.95 bits per heavy atom. The summed E-state index contributed by atoms with van der Waals surface area (Å²) in [6.45, 7) is 1.74. The highest BCUT2D eigenvalue weighted by atomic mass is 79.9. The summed E-state index contributed by atoms with van der Waals surface area (Å²) < 4.78 is 7.11. The van der Waals surface area contributed by atoms with E-state index in [0.29, 0.717) is 12.0 Å². The van der Waals surface area contributed by atoms with Crippen LogP contribution in [0, 0.1) is 0 Å². The van der Waals surface area contributed by atoms with E-state index in [1.807, 2.05) is 12.1 Å². The molecule has 6 heteroatoms. The van der Waals surface area contributed by atoms with Crippen LogP contribution < -0.4 is 0 Å². The number of esters is 1. The Kier molecular flexibility index (Phi) is 4.70. The molecule has 0 aliphatic rings. The molecule has 1 heterocycles. The maximum atomic E-state index is 11.9. The molecule has 21 heavy (non-hydrogen) atoms. The van der Waals surface area contributed by atoms with Gasteiger partial charge in [-0.05, 0) is 37.3 Å². The van der Waals surface area contributed by atoms with Crippen molar-refractivity contribution in [3.05, 3.63) is 52.3 Å². The van der Waals surface area contributed by atoms with Gasteiger partial charge in [-0.2, -0.15) is 0 Å². The highest BCUT2D eigenvalue weighted by Crippen LogP contribution is 2.18. The average molecular weight is 350 g/mol. The molecule has 0 aliphatic heterocycles. The second-order valence-corrected chi connectivity index (χ2v) is 5.08. The Bertz CT molecular complexity index is 688. The van der Waals surface area contributed by atoms with E-state index in [-0.39, 0.29) is 17.9 Å². The zero-order valence-electron chi connectivity index (χ0n) is 11.2. The molecule has 108 valence electrons. The monoisotopic (exact) mass is 349 g/mol. The van der Waals surface area contributed by atoms with Gasteiger partial charge in [0.15, 0.2) is 6.29 Å². The minimum Gasteiger partial charge on any atom is -0.460 e. The molecule has 1 aromatic carbocycles. The number of aldehydes is 1. The van der Waals surface area contributed by atoms with Crippen LogP contribution in [0.3, 0.4) is 0 Å². The number of rotatable bonds is 5. The van der Waals surface area contributed by atoms with E-state index in [9.17, 15) is 14.4 Å². The number of carbonyl (C=O) groups excluding carboxylic acids is 3. The van der Waals surface area contributed by atoms with Gasteiger partial charge < -0.3 is 9.30 Å². The van der Waals surface area contributed by atoms with Gasteiger partial charge in [0.2, 0.25) is 0 Å². The van der Waals surface area contributed by atoms with Crippen molar-refractivity contribution in [2.75, 3.05) is 6.61 Å². The fraction of sp³-hybridized carbons (Fsp3) is 0.133. The number of ketones is 1. The number of nitrogens with zero attached hydrogens (tertiary/aromatic N) is 1. The van der Waals surface area contributed by atoms with Crippen LogP contribution in [-0.2, 0) is 9.53 Å². The Labute approximate surface area is 129 Å². The molecule has 1 aromatic heterocycles. The molecule has 0 unspecified atom stereocenters. The maximum Gasteiger partial charge on any atom is 0.379 e. The molecule has 2 rings (SSSR count). The van der Waals surface area contributed by atoms with Crippen LogP contribution in [0.5, 0.6) is 0 Å². The Hall–Kier alpha value is -2.21.